The van der Waals surface area contributed by atoms with Crippen LogP contribution in [0, 0.1) is 13.8 Å². The van der Waals surface area contributed by atoms with E-state index < -0.39 is 0 Å². The summed E-state index contributed by atoms with van der Waals surface area (Å²) in [7, 11) is 0. The second kappa shape index (κ2) is 7.42. The van der Waals surface area contributed by atoms with Crippen molar-refractivity contribution < 1.29 is 0 Å². The molecule has 0 aliphatic rings. The van der Waals surface area contributed by atoms with Gasteiger partial charge in [0.15, 0.2) is 5.16 Å². The van der Waals surface area contributed by atoms with Crippen LogP contribution in [0.2, 0.25) is 0 Å². The second-order valence-corrected chi connectivity index (χ2v) is 8.18. The Morgan fingerprint density at radius 2 is 1.77 bits per heavy atom. The third-order valence-corrected chi connectivity index (χ3v) is 5.84. The van der Waals surface area contributed by atoms with Crippen LogP contribution in [0.25, 0.3) is 22.4 Å². The number of fused-ring (bicyclic) bond motifs is 2. The van der Waals surface area contributed by atoms with Crippen molar-refractivity contribution in [3.05, 3.63) is 94.3 Å². The zero-order chi connectivity index (χ0) is 20.7. The third kappa shape index (κ3) is 3.37. The summed E-state index contributed by atoms with van der Waals surface area (Å²) in [5.41, 5.74) is 4.60. The predicted molar refractivity (Wildman–Crippen MR) is 119 cm³/mol. The first kappa shape index (κ1) is 18.6. The highest BCUT2D eigenvalue weighted by atomic mass is 32.2. The number of pyridine rings is 2. The molecule has 0 bridgehead atoms. The van der Waals surface area contributed by atoms with Crippen LogP contribution in [-0.2, 0) is 5.75 Å². The maximum Gasteiger partial charge on any atom is 0.267 e. The molecule has 7 heteroatoms. The van der Waals surface area contributed by atoms with Gasteiger partial charge in [-0.3, -0.25) is 4.79 Å². The van der Waals surface area contributed by atoms with Gasteiger partial charge in [-0.25, -0.2) is 19.5 Å². The average molecular weight is 414 g/mol. The fourth-order valence-corrected chi connectivity index (χ4v) is 4.25. The molecule has 30 heavy (non-hydrogen) atoms. The van der Waals surface area contributed by atoms with Crippen molar-refractivity contribution in [3.8, 4) is 5.82 Å². The summed E-state index contributed by atoms with van der Waals surface area (Å²) in [4.78, 5) is 27.2. The molecule has 148 valence electrons. The molecule has 0 N–H and O–H groups in total. The minimum Gasteiger partial charge on any atom is -0.307 e. The highest BCUT2D eigenvalue weighted by Gasteiger charge is 2.15. The Kier molecular flexibility index (Phi) is 4.59. The van der Waals surface area contributed by atoms with Gasteiger partial charge in [0.05, 0.1) is 16.6 Å². The first-order chi connectivity index (χ1) is 14.6. The van der Waals surface area contributed by atoms with Crippen molar-refractivity contribution in [2.45, 2.75) is 24.8 Å². The van der Waals surface area contributed by atoms with Crippen molar-refractivity contribution in [2.75, 3.05) is 0 Å². The van der Waals surface area contributed by atoms with Gasteiger partial charge in [-0.05, 0) is 49.2 Å². The first-order valence-electron chi connectivity index (χ1n) is 9.60. The van der Waals surface area contributed by atoms with Crippen LogP contribution in [0.4, 0.5) is 0 Å². The van der Waals surface area contributed by atoms with Gasteiger partial charge in [0, 0.05) is 24.3 Å². The van der Waals surface area contributed by atoms with E-state index in [-0.39, 0.29) is 5.56 Å². The van der Waals surface area contributed by atoms with Crippen LogP contribution >= 0.6 is 11.8 Å². The lowest BCUT2D eigenvalue weighted by Gasteiger charge is -2.12. The van der Waals surface area contributed by atoms with Crippen LogP contribution in [-0.4, -0.2) is 23.9 Å². The van der Waals surface area contributed by atoms with Gasteiger partial charge in [0.25, 0.3) is 5.56 Å². The van der Waals surface area contributed by atoms with Gasteiger partial charge in [-0.2, -0.15) is 0 Å². The molecular formula is C23H19N5OS. The summed E-state index contributed by atoms with van der Waals surface area (Å²) in [6, 6.07) is 15.3. The maximum atomic E-state index is 13.3. The van der Waals surface area contributed by atoms with Gasteiger partial charge in [0.1, 0.15) is 11.5 Å². The van der Waals surface area contributed by atoms with Crippen LogP contribution in [0.1, 0.15) is 16.8 Å². The summed E-state index contributed by atoms with van der Waals surface area (Å²) in [6.07, 6.45) is 5.83. The van der Waals surface area contributed by atoms with E-state index in [4.69, 9.17) is 4.98 Å². The Balaban J connectivity index is 1.58. The van der Waals surface area contributed by atoms with Crippen molar-refractivity contribution >= 4 is 28.3 Å². The highest BCUT2D eigenvalue weighted by Crippen LogP contribution is 2.24. The van der Waals surface area contributed by atoms with Gasteiger partial charge >= 0.3 is 0 Å². The summed E-state index contributed by atoms with van der Waals surface area (Å²) in [5.74, 6) is 1.16. The molecular weight excluding hydrogens is 394 g/mol. The lowest BCUT2D eigenvalue weighted by molar-refractivity contribution is 0.794. The molecule has 0 aliphatic heterocycles. The molecule has 5 aromatic rings. The number of aryl methyl sites for hydroxylation is 2. The molecule has 0 fully saturated rings. The van der Waals surface area contributed by atoms with E-state index in [1.807, 2.05) is 60.0 Å². The zero-order valence-electron chi connectivity index (χ0n) is 16.6. The number of rotatable bonds is 4. The molecule has 4 heterocycles. The lowest BCUT2D eigenvalue weighted by Crippen LogP contribution is -2.22. The van der Waals surface area contributed by atoms with Gasteiger partial charge in [-0.1, -0.05) is 36.0 Å². The van der Waals surface area contributed by atoms with Crippen molar-refractivity contribution in [1.29, 1.82) is 0 Å². The predicted octanol–water partition coefficient (Wildman–Crippen LogP) is 4.34. The summed E-state index contributed by atoms with van der Waals surface area (Å²) < 4.78 is 3.61. The smallest absolute Gasteiger partial charge is 0.267 e. The van der Waals surface area contributed by atoms with Gasteiger partial charge < -0.3 is 4.40 Å². The molecule has 0 saturated heterocycles. The van der Waals surface area contributed by atoms with Crippen LogP contribution in [0.15, 0.2) is 77.1 Å². The quantitative estimate of drug-likeness (QED) is 0.324. The Hall–Kier alpha value is -3.45. The van der Waals surface area contributed by atoms with Gasteiger partial charge in [0.2, 0.25) is 0 Å². The van der Waals surface area contributed by atoms with E-state index in [1.54, 1.807) is 16.8 Å². The van der Waals surface area contributed by atoms with Crippen molar-refractivity contribution in [2.24, 2.45) is 0 Å². The monoisotopic (exact) mass is 413 g/mol. The second-order valence-electron chi connectivity index (χ2n) is 7.24. The standard InChI is InChI=1S/C23H19N5OS/c1-15-7-9-20(24-11-15)28-22(29)18-5-3-4-6-19(18)26-23(28)30-14-17-13-27-12-16(2)8-10-21(27)25-17/h3-13H,14H2,1-2H3. The summed E-state index contributed by atoms with van der Waals surface area (Å²) >= 11 is 1.48. The number of benzene rings is 1. The Bertz CT molecular complexity index is 1440. The fourth-order valence-electron chi connectivity index (χ4n) is 3.37. The molecule has 0 aliphatic carbocycles. The van der Waals surface area contributed by atoms with E-state index in [0.29, 0.717) is 27.6 Å². The Morgan fingerprint density at radius 1 is 0.933 bits per heavy atom. The van der Waals surface area contributed by atoms with Crippen LogP contribution in [0.3, 0.4) is 0 Å². The molecule has 6 nitrogen and oxygen atoms in total. The SMILES string of the molecule is Cc1ccc(-n2c(SCc3cn4cc(C)ccc4n3)nc3ccccc3c2=O)nc1. The molecule has 0 radical (unpaired) electrons. The van der Waals surface area contributed by atoms with Crippen LogP contribution in [0.5, 0.6) is 0 Å². The molecule has 0 atom stereocenters. The maximum absolute atomic E-state index is 13.3. The molecule has 0 unspecified atom stereocenters. The zero-order valence-corrected chi connectivity index (χ0v) is 17.4. The number of para-hydroxylation sites is 1. The van der Waals surface area contributed by atoms with E-state index >= 15 is 0 Å². The topological polar surface area (TPSA) is 65.1 Å². The van der Waals surface area contributed by atoms with Gasteiger partial charge in [-0.15, -0.1) is 0 Å². The van der Waals surface area contributed by atoms with E-state index in [0.717, 1.165) is 16.9 Å². The number of imidazole rings is 1. The van der Waals surface area contributed by atoms with E-state index in [1.165, 1.54) is 17.3 Å². The molecule has 1 aromatic carbocycles. The average Bonchev–Trinajstić information content (AvgIpc) is 3.15. The number of thioether (sulfide) groups is 1. The number of hydrogen-bond acceptors (Lipinski definition) is 5. The minimum absolute atomic E-state index is 0.120. The number of hydrogen-bond donors (Lipinski definition) is 0. The molecule has 0 saturated carbocycles. The fraction of sp³-hybridized carbons (Fsp3) is 0.130. The Labute approximate surface area is 177 Å². The largest absolute Gasteiger partial charge is 0.307 e. The third-order valence-electron chi connectivity index (χ3n) is 4.87. The molecule has 5 rings (SSSR count). The Morgan fingerprint density at radius 3 is 2.60 bits per heavy atom. The van der Waals surface area contributed by atoms with Crippen molar-refractivity contribution in [1.82, 2.24) is 23.9 Å². The first-order valence-corrected chi connectivity index (χ1v) is 10.6. The normalized spacial score (nSPS) is 11.4. The number of aromatic nitrogens is 5. The lowest BCUT2D eigenvalue weighted by atomic mass is 10.2. The van der Waals surface area contributed by atoms with Crippen LogP contribution < -0.4 is 5.56 Å². The molecule has 4 aromatic heterocycles. The summed E-state index contributed by atoms with van der Waals surface area (Å²) in [5, 5.41) is 1.18. The molecule has 0 spiro atoms. The van der Waals surface area contributed by atoms with E-state index in [2.05, 4.69) is 23.1 Å². The van der Waals surface area contributed by atoms with E-state index in [9.17, 15) is 4.79 Å². The van der Waals surface area contributed by atoms with Crippen molar-refractivity contribution in [3.63, 3.8) is 0 Å². The molecule has 0 amide bonds. The minimum atomic E-state index is -0.120. The number of nitrogens with zero attached hydrogens (tertiary/aromatic N) is 5. The highest BCUT2D eigenvalue weighted by molar-refractivity contribution is 7.98. The summed E-state index contributed by atoms with van der Waals surface area (Å²) in [6.45, 7) is 4.03.